The topological polar surface area (TPSA) is 46.8 Å². The molecular weight excluding hydrogens is 262 g/mol. The smallest absolute Gasteiger partial charge is 0.157 e. The molecule has 0 spiro atoms. The molecule has 21 heavy (non-hydrogen) atoms. The van der Waals surface area contributed by atoms with Crippen LogP contribution in [0.15, 0.2) is 42.4 Å². The van der Waals surface area contributed by atoms with Crippen molar-refractivity contribution in [3.63, 3.8) is 0 Å². The summed E-state index contributed by atoms with van der Waals surface area (Å²) in [6.45, 7) is 5.08. The molecule has 4 rings (SSSR count). The lowest BCUT2D eigenvalue weighted by molar-refractivity contribution is 0.269. The van der Waals surface area contributed by atoms with Crippen LogP contribution in [0.5, 0.6) is 0 Å². The Morgan fingerprint density at radius 3 is 2.71 bits per heavy atom. The first-order valence-corrected chi connectivity index (χ1v) is 7.18. The van der Waals surface area contributed by atoms with Crippen LogP contribution in [0.25, 0.3) is 6.08 Å². The van der Waals surface area contributed by atoms with Crippen molar-refractivity contribution < 1.29 is 0 Å². The summed E-state index contributed by atoms with van der Waals surface area (Å²) in [5.74, 6) is 1.92. The summed E-state index contributed by atoms with van der Waals surface area (Å²) < 4.78 is 2.22. The number of aromatic nitrogens is 4. The van der Waals surface area contributed by atoms with Crippen LogP contribution in [-0.2, 0) is 6.54 Å². The van der Waals surface area contributed by atoms with Crippen molar-refractivity contribution in [2.45, 2.75) is 32.5 Å². The third kappa shape index (κ3) is 1.88. The van der Waals surface area contributed by atoms with E-state index in [0.29, 0.717) is 12.1 Å². The second kappa shape index (κ2) is 4.55. The minimum atomic E-state index is 0.293. The number of nitrogens with zero attached hydrogens (tertiary/aromatic N) is 5. The minimum Gasteiger partial charge on any atom is -0.362 e. The van der Waals surface area contributed by atoms with Gasteiger partial charge in [-0.25, -0.2) is 0 Å². The van der Waals surface area contributed by atoms with Gasteiger partial charge in [0.2, 0.25) is 0 Å². The lowest BCUT2D eigenvalue weighted by atomic mass is 10.1. The molecule has 4 heterocycles. The second-order valence-corrected chi connectivity index (χ2v) is 5.61. The molecule has 0 saturated heterocycles. The van der Waals surface area contributed by atoms with Crippen LogP contribution < -0.4 is 0 Å². The molecule has 0 aromatic carbocycles. The summed E-state index contributed by atoms with van der Waals surface area (Å²) in [4.78, 5) is 6.52. The fourth-order valence-corrected chi connectivity index (χ4v) is 3.27. The van der Waals surface area contributed by atoms with E-state index in [-0.39, 0.29) is 0 Å². The van der Waals surface area contributed by atoms with Gasteiger partial charge in [-0.05, 0) is 43.7 Å². The van der Waals surface area contributed by atoms with Crippen LogP contribution >= 0.6 is 0 Å². The standard InChI is InChI=1S/C16H17N5/c1-11-9-15-14(3-4-16-19-18-12(2)21(15)16)20(11)10-13-5-7-17-8-6-13/h3-9,14-15H,10H2,1-2H3. The van der Waals surface area contributed by atoms with E-state index in [4.69, 9.17) is 0 Å². The first-order chi connectivity index (χ1) is 10.2. The van der Waals surface area contributed by atoms with Crippen molar-refractivity contribution in [1.82, 2.24) is 24.6 Å². The van der Waals surface area contributed by atoms with E-state index in [0.717, 1.165) is 18.2 Å². The van der Waals surface area contributed by atoms with Crippen molar-refractivity contribution in [1.29, 1.82) is 0 Å². The van der Waals surface area contributed by atoms with E-state index in [1.807, 2.05) is 19.3 Å². The number of aryl methyl sites for hydroxylation is 1. The highest BCUT2D eigenvalue weighted by Gasteiger charge is 2.36. The predicted octanol–water partition coefficient (Wildman–Crippen LogP) is 2.34. The van der Waals surface area contributed by atoms with Crippen molar-refractivity contribution in [2.75, 3.05) is 0 Å². The highest BCUT2D eigenvalue weighted by atomic mass is 15.3. The van der Waals surface area contributed by atoms with Crippen LogP contribution in [0.3, 0.4) is 0 Å². The molecule has 5 nitrogen and oxygen atoms in total. The predicted molar refractivity (Wildman–Crippen MR) is 80.2 cm³/mol. The van der Waals surface area contributed by atoms with Gasteiger partial charge in [-0.3, -0.25) is 4.98 Å². The Bertz CT molecular complexity index is 728. The molecule has 0 radical (unpaired) electrons. The lowest BCUT2D eigenvalue weighted by Gasteiger charge is -2.32. The van der Waals surface area contributed by atoms with Gasteiger partial charge in [-0.1, -0.05) is 6.08 Å². The molecule has 0 aliphatic carbocycles. The maximum Gasteiger partial charge on any atom is 0.157 e. The van der Waals surface area contributed by atoms with Crippen molar-refractivity contribution in [3.8, 4) is 0 Å². The minimum absolute atomic E-state index is 0.293. The zero-order valence-electron chi connectivity index (χ0n) is 12.1. The van der Waals surface area contributed by atoms with Gasteiger partial charge in [0.25, 0.3) is 0 Å². The summed E-state index contributed by atoms with van der Waals surface area (Å²) in [6.07, 6.45) is 10.3. The molecule has 0 N–H and O–H groups in total. The molecule has 0 bridgehead atoms. The molecule has 106 valence electrons. The van der Waals surface area contributed by atoms with Crippen molar-refractivity contribution in [2.24, 2.45) is 0 Å². The second-order valence-electron chi connectivity index (χ2n) is 5.61. The van der Waals surface area contributed by atoms with Crippen LogP contribution in [0.2, 0.25) is 0 Å². The van der Waals surface area contributed by atoms with Crippen molar-refractivity contribution >= 4 is 6.08 Å². The van der Waals surface area contributed by atoms with Gasteiger partial charge in [0.05, 0.1) is 12.1 Å². The van der Waals surface area contributed by atoms with E-state index in [9.17, 15) is 0 Å². The summed E-state index contributed by atoms with van der Waals surface area (Å²) in [5, 5.41) is 8.42. The highest BCUT2D eigenvalue weighted by Crippen LogP contribution is 2.37. The first kappa shape index (κ1) is 12.3. The molecule has 2 aromatic rings. The fraction of sp³-hybridized carbons (Fsp3) is 0.312. The van der Waals surface area contributed by atoms with Gasteiger partial charge in [-0.15, -0.1) is 10.2 Å². The third-order valence-electron chi connectivity index (χ3n) is 4.31. The molecule has 5 heteroatoms. The van der Waals surface area contributed by atoms with E-state index < -0.39 is 0 Å². The Kier molecular flexibility index (Phi) is 2.67. The monoisotopic (exact) mass is 279 g/mol. The van der Waals surface area contributed by atoms with E-state index in [1.54, 1.807) is 0 Å². The number of hydrogen-bond acceptors (Lipinski definition) is 4. The summed E-state index contributed by atoms with van der Waals surface area (Å²) >= 11 is 0. The SMILES string of the molecule is CC1=CC2C(C=Cc3nnc(C)n32)N1Cc1ccncc1. The Morgan fingerprint density at radius 2 is 1.90 bits per heavy atom. The maximum atomic E-state index is 4.22. The first-order valence-electron chi connectivity index (χ1n) is 7.18. The molecule has 0 amide bonds. The summed E-state index contributed by atoms with van der Waals surface area (Å²) in [6, 6.07) is 4.77. The Balaban J connectivity index is 1.68. The average Bonchev–Trinajstić information content (AvgIpc) is 3.02. The third-order valence-corrected chi connectivity index (χ3v) is 4.31. The molecule has 2 unspecified atom stereocenters. The average molecular weight is 279 g/mol. The maximum absolute atomic E-state index is 4.22. The molecule has 2 aliphatic heterocycles. The van der Waals surface area contributed by atoms with Gasteiger partial charge >= 0.3 is 0 Å². The Labute approximate surface area is 123 Å². The van der Waals surface area contributed by atoms with Gasteiger partial charge in [0, 0.05) is 24.6 Å². The highest BCUT2D eigenvalue weighted by molar-refractivity contribution is 5.47. The lowest BCUT2D eigenvalue weighted by Crippen LogP contribution is -2.35. The van der Waals surface area contributed by atoms with Gasteiger partial charge < -0.3 is 9.47 Å². The number of hydrogen-bond donors (Lipinski definition) is 0. The zero-order valence-corrected chi connectivity index (χ0v) is 12.1. The number of fused-ring (bicyclic) bond motifs is 3. The van der Waals surface area contributed by atoms with Crippen LogP contribution in [-0.4, -0.2) is 30.7 Å². The Hall–Kier alpha value is -2.43. The van der Waals surface area contributed by atoms with Gasteiger partial charge in [-0.2, -0.15) is 0 Å². The fourth-order valence-electron chi connectivity index (χ4n) is 3.27. The number of pyridine rings is 1. The summed E-state index contributed by atoms with van der Waals surface area (Å²) in [7, 11) is 0. The zero-order chi connectivity index (χ0) is 14.4. The molecule has 2 atom stereocenters. The van der Waals surface area contributed by atoms with Gasteiger partial charge in [0.1, 0.15) is 5.82 Å². The normalized spacial score (nSPS) is 23.0. The molecule has 0 fully saturated rings. The molecule has 2 aliphatic rings. The number of allylic oxidation sites excluding steroid dienone is 1. The molecular formula is C16H17N5. The molecule has 2 aromatic heterocycles. The van der Waals surface area contributed by atoms with Crippen LogP contribution in [0.4, 0.5) is 0 Å². The van der Waals surface area contributed by atoms with E-state index in [1.165, 1.54) is 11.3 Å². The van der Waals surface area contributed by atoms with Crippen LogP contribution in [0.1, 0.15) is 30.2 Å². The number of rotatable bonds is 2. The van der Waals surface area contributed by atoms with E-state index in [2.05, 4.69) is 61.9 Å². The van der Waals surface area contributed by atoms with E-state index >= 15 is 0 Å². The Morgan fingerprint density at radius 1 is 1.10 bits per heavy atom. The van der Waals surface area contributed by atoms with Crippen LogP contribution in [0, 0.1) is 6.92 Å². The largest absolute Gasteiger partial charge is 0.362 e. The summed E-state index contributed by atoms with van der Waals surface area (Å²) in [5.41, 5.74) is 2.57. The molecule has 0 saturated carbocycles. The van der Waals surface area contributed by atoms with Crippen molar-refractivity contribution in [3.05, 3.63) is 59.6 Å². The van der Waals surface area contributed by atoms with Gasteiger partial charge in [0.15, 0.2) is 5.82 Å². The quantitative estimate of drug-likeness (QED) is 0.846.